The van der Waals surface area contributed by atoms with Gasteiger partial charge in [-0.05, 0) is 72.3 Å². The first-order valence-corrected chi connectivity index (χ1v) is 10.7. The third-order valence-electron chi connectivity index (χ3n) is 4.85. The van der Waals surface area contributed by atoms with Gasteiger partial charge >= 0.3 is 6.09 Å². The molecule has 0 radical (unpaired) electrons. The van der Waals surface area contributed by atoms with Crippen LogP contribution in [-0.2, 0) is 0 Å². The number of anilines is 2. The Labute approximate surface area is 197 Å². The van der Waals surface area contributed by atoms with Crippen LogP contribution in [0.1, 0.15) is 15.9 Å². The van der Waals surface area contributed by atoms with Crippen molar-refractivity contribution in [3.63, 3.8) is 0 Å². The molecule has 4 rings (SSSR count). The SMILES string of the molecule is O=C(/C=C/c1ccc(OC(=O)N(c2ccccc2)c2ccccc2)cc1)c1ccc(Cl)cc1. The van der Waals surface area contributed by atoms with Crippen LogP contribution in [-0.4, -0.2) is 11.9 Å². The second-order valence-electron chi connectivity index (χ2n) is 7.15. The average Bonchev–Trinajstić information content (AvgIpc) is 2.85. The van der Waals surface area contributed by atoms with E-state index >= 15 is 0 Å². The second-order valence-corrected chi connectivity index (χ2v) is 7.58. The maximum Gasteiger partial charge on any atom is 0.424 e. The van der Waals surface area contributed by atoms with Crippen LogP contribution in [0.5, 0.6) is 5.75 Å². The largest absolute Gasteiger partial charge is 0.424 e. The Hall–Kier alpha value is -4.15. The maximum atomic E-state index is 13.0. The molecule has 0 heterocycles. The van der Waals surface area contributed by atoms with Gasteiger partial charge in [0.25, 0.3) is 0 Å². The maximum absolute atomic E-state index is 13.0. The standard InChI is InChI=1S/C28H20ClNO3/c29-23-16-14-22(15-17-23)27(31)20-13-21-11-18-26(19-12-21)33-28(32)30(24-7-3-1-4-8-24)25-9-5-2-6-10-25/h1-20H/b20-13+. The van der Waals surface area contributed by atoms with Gasteiger partial charge in [-0.1, -0.05) is 66.2 Å². The fourth-order valence-corrected chi connectivity index (χ4v) is 3.32. The highest BCUT2D eigenvalue weighted by atomic mass is 35.5. The predicted octanol–water partition coefficient (Wildman–Crippen LogP) is 7.57. The van der Waals surface area contributed by atoms with E-state index in [-0.39, 0.29) is 5.78 Å². The van der Waals surface area contributed by atoms with Gasteiger partial charge in [0.05, 0.1) is 11.4 Å². The van der Waals surface area contributed by atoms with Crippen LogP contribution >= 0.6 is 11.6 Å². The van der Waals surface area contributed by atoms with Gasteiger partial charge in [0.1, 0.15) is 5.75 Å². The topological polar surface area (TPSA) is 46.6 Å². The number of carbonyl (C=O) groups excluding carboxylic acids is 2. The minimum atomic E-state index is -0.520. The number of ether oxygens (including phenoxy) is 1. The van der Waals surface area contributed by atoms with Gasteiger partial charge in [-0.2, -0.15) is 0 Å². The van der Waals surface area contributed by atoms with E-state index in [1.807, 2.05) is 60.7 Å². The lowest BCUT2D eigenvalue weighted by atomic mass is 10.1. The lowest BCUT2D eigenvalue weighted by molar-refractivity contribution is 0.104. The summed E-state index contributed by atoms with van der Waals surface area (Å²) in [5, 5.41) is 0.582. The van der Waals surface area contributed by atoms with E-state index in [2.05, 4.69) is 0 Å². The molecule has 0 N–H and O–H groups in total. The Morgan fingerprint density at radius 3 is 1.79 bits per heavy atom. The summed E-state index contributed by atoms with van der Waals surface area (Å²) < 4.78 is 5.63. The summed E-state index contributed by atoms with van der Waals surface area (Å²) in [6.45, 7) is 0. The summed E-state index contributed by atoms with van der Waals surface area (Å²) in [4.78, 5) is 26.8. The summed E-state index contributed by atoms with van der Waals surface area (Å²) in [5.41, 5.74) is 2.77. The molecule has 162 valence electrons. The lowest BCUT2D eigenvalue weighted by Gasteiger charge is -2.22. The number of carbonyl (C=O) groups is 2. The van der Waals surface area contributed by atoms with E-state index in [1.54, 1.807) is 54.6 Å². The molecule has 0 aromatic heterocycles. The van der Waals surface area contributed by atoms with Crippen LogP contribution in [0.25, 0.3) is 6.08 Å². The first kappa shape index (κ1) is 22.1. The molecular weight excluding hydrogens is 434 g/mol. The molecule has 4 aromatic rings. The number of para-hydroxylation sites is 2. The van der Waals surface area contributed by atoms with Crippen molar-refractivity contribution in [1.29, 1.82) is 0 Å². The Morgan fingerprint density at radius 2 is 1.24 bits per heavy atom. The third-order valence-corrected chi connectivity index (χ3v) is 5.10. The van der Waals surface area contributed by atoms with E-state index in [9.17, 15) is 9.59 Å². The number of nitrogens with zero attached hydrogens (tertiary/aromatic N) is 1. The minimum Gasteiger partial charge on any atom is -0.410 e. The Bertz CT molecular complexity index is 1210. The van der Waals surface area contributed by atoms with Crippen LogP contribution in [0.2, 0.25) is 5.02 Å². The zero-order valence-corrected chi connectivity index (χ0v) is 18.4. The van der Waals surface area contributed by atoms with Crippen molar-refractivity contribution in [2.75, 3.05) is 4.90 Å². The molecule has 1 amide bonds. The molecule has 0 bridgehead atoms. The zero-order chi connectivity index (χ0) is 23.0. The molecule has 5 heteroatoms. The number of amides is 1. The average molecular weight is 454 g/mol. The monoisotopic (exact) mass is 453 g/mol. The number of hydrogen-bond donors (Lipinski definition) is 0. The molecule has 0 fully saturated rings. The third kappa shape index (κ3) is 5.76. The Balaban J connectivity index is 1.46. The molecule has 0 aliphatic carbocycles. The highest BCUT2D eigenvalue weighted by Gasteiger charge is 2.20. The van der Waals surface area contributed by atoms with E-state index < -0.39 is 6.09 Å². The van der Waals surface area contributed by atoms with Crippen molar-refractivity contribution >= 4 is 40.9 Å². The molecular formula is C28H20ClNO3. The summed E-state index contributed by atoms with van der Waals surface area (Å²) in [6, 6.07) is 32.3. The van der Waals surface area contributed by atoms with Gasteiger partial charge < -0.3 is 4.74 Å². The number of allylic oxidation sites excluding steroid dienone is 1. The number of halogens is 1. The van der Waals surface area contributed by atoms with Crippen molar-refractivity contribution in [1.82, 2.24) is 0 Å². The zero-order valence-electron chi connectivity index (χ0n) is 17.6. The molecule has 0 saturated carbocycles. The lowest BCUT2D eigenvalue weighted by Crippen LogP contribution is -2.29. The van der Waals surface area contributed by atoms with E-state index in [4.69, 9.17) is 16.3 Å². The van der Waals surface area contributed by atoms with E-state index in [1.165, 1.54) is 11.0 Å². The van der Waals surface area contributed by atoms with Gasteiger partial charge in [-0.25, -0.2) is 9.69 Å². The fourth-order valence-electron chi connectivity index (χ4n) is 3.19. The molecule has 33 heavy (non-hydrogen) atoms. The van der Waals surface area contributed by atoms with Gasteiger partial charge in [-0.3, -0.25) is 4.79 Å². The number of benzene rings is 4. The van der Waals surface area contributed by atoms with Gasteiger partial charge in [0.2, 0.25) is 0 Å². The van der Waals surface area contributed by atoms with E-state index in [0.29, 0.717) is 27.7 Å². The van der Waals surface area contributed by atoms with Crippen molar-refractivity contribution in [2.24, 2.45) is 0 Å². The summed E-state index contributed by atoms with van der Waals surface area (Å²) in [5.74, 6) is 0.279. The molecule has 0 aliphatic rings. The summed E-state index contributed by atoms with van der Waals surface area (Å²) >= 11 is 5.86. The number of hydrogen-bond acceptors (Lipinski definition) is 3. The first-order chi connectivity index (χ1) is 16.1. The van der Waals surface area contributed by atoms with Crippen LogP contribution < -0.4 is 9.64 Å². The Kier molecular flexibility index (Phi) is 6.98. The van der Waals surface area contributed by atoms with Crippen LogP contribution in [0, 0.1) is 0 Å². The molecule has 0 unspecified atom stereocenters. The number of ketones is 1. The van der Waals surface area contributed by atoms with Crippen molar-refractivity contribution in [3.8, 4) is 5.75 Å². The predicted molar refractivity (Wildman–Crippen MR) is 132 cm³/mol. The molecule has 0 atom stereocenters. The highest BCUT2D eigenvalue weighted by Crippen LogP contribution is 2.27. The first-order valence-electron chi connectivity index (χ1n) is 10.3. The Morgan fingerprint density at radius 1 is 0.697 bits per heavy atom. The smallest absolute Gasteiger partial charge is 0.410 e. The van der Waals surface area contributed by atoms with Crippen LogP contribution in [0.15, 0.2) is 115 Å². The number of rotatable bonds is 6. The molecule has 4 nitrogen and oxygen atoms in total. The quantitative estimate of drug-likeness (QED) is 0.223. The summed E-state index contributed by atoms with van der Waals surface area (Å²) in [7, 11) is 0. The van der Waals surface area contributed by atoms with Gasteiger partial charge in [-0.15, -0.1) is 0 Å². The fraction of sp³-hybridized carbons (Fsp3) is 0. The van der Waals surface area contributed by atoms with Gasteiger partial charge in [0.15, 0.2) is 5.78 Å². The van der Waals surface area contributed by atoms with Crippen molar-refractivity contribution < 1.29 is 14.3 Å². The van der Waals surface area contributed by atoms with E-state index in [0.717, 1.165) is 5.56 Å². The minimum absolute atomic E-state index is 0.122. The molecule has 0 aliphatic heterocycles. The highest BCUT2D eigenvalue weighted by molar-refractivity contribution is 6.30. The molecule has 0 saturated heterocycles. The van der Waals surface area contributed by atoms with Crippen molar-refractivity contribution in [2.45, 2.75) is 0 Å². The second kappa shape index (κ2) is 10.4. The van der Waals surface area contributed by atoms with Crippen LogP contribution in [0.4, 0.5) is 16.2 Å². The molecule has 0 spiro atoms. The molecule has 4 aromatic carbocycles. The van der Waals surface area contributed by atoms with Crippen molar-refractivity contribution in [3.05, 3.63) is 131 Å². The van der Waals surface area contributed by atoms with Gasteiger partial charge in [0, 0.05) is 10.6 Å². The van der Waals surface area contributed by atoms with Crippen LogP contribution in [0.3, 0.4) is 0 Å². The normalized spacial score (nSPS) is 10.7. The summed E-state index contributed by atoms with van der Waals surface area (Å²) in [6.07, 6.45) is 2.69.